The number of methoxy groups -OCH3 is 1. The maximum atomic E-state index is 5.51. The molecule has 1 aromatic rings. The highest BCUT2D eigenvalue weighted by Crippen LogP contribution is 2.30. The minimum atomic E-state index is 0.602. The lowest BCUT2D eigenvalue weighted by molar-refractivity contribution is 0.156. The molecule has 6 nitrogen and oxygen atoms in total. The first-order valence-corrected chi connectivity index (χ1v) is 7.69. The van der Waals surface area contributed by atoms with Crippen molar-refractivity contribution in [2.24, 2.45) is 4.99 Å². The molecule has 2 N–H and O–H groups in total. The van der Waals surface area contributed by atoms with E-state index >= 15 is 0 Å². The molecule has 0 amide bonds. The minimum Gasteiger partial charge on any atom is -0.493 e. The summed E-state index contributed by atoms with van der Waals surface area (Å²) in [4.78, 5) is 4.46. The highest BCUT2D eigenvalue weighted by atomic mass is 16.5. The molecule has 0 spiro atoms. The third-order valence-corrected chi connectivity index (χ3v) is 2.78. The van der Waals surface area contributed by atoms with Crippen LogP contribution in [0.1, 0.15) is 20.8 Å². The minimum absolute atomic E-state index is 0.602. The van der Waals surface area contributed by atoms with Crippen LogP contribution in [0.4, 0.5) is 5.69 Å². The second-order valence-electron chi connectivity index (χ2n) is 4.38. The molecule has 22 heavy (non-hydrogen) atoms. The van der Waals surface area contributed by atoms with E-state index < -0.39 is 0 Å². The summed E-state index contributed by atoms with van der Waals surface area (Å²) in [5.74, 6) is 2.14. The number of rotatable bonds is 9. The van der Waals surface area contributed by atoms with Crippen LogP contribution in [-0.4, -0.2) is 46.0 Å². The van der Waals surface area contributed by atoms with Crippen LogP contribution in [0.2, 0.25) is 0 Å². The lowest BCUT2D eigenvalue weighted by atomic mass is 10.2. The van der Waals surface area contributed by atoms with Crippen molar-refractivity contribution >= 4 is 11.6 Å². The zero-order valence-corrected chi connectivity index (χ0v) is 13.9. The summed E-state index contributed by atoms with van der Waals surface area (Å²) >= 11 is 0. The van der Waals surface area contributed by atoms with Crippen molar-refractivity contribution < 1.29 is 14.2 Å². The van der Waals surface area contributed by atoms with Gasteiger partial charge in [0.1, 0.15) is 0 Å². The Morgan fingerprint density at radius 2 is 1.95 bits per heavy atom. The van der Waals surface area contributed by atoms with Crippen molar-refractivity contribution in [1.29, 1.82) is 0 Å². The molecule has 0 unspecified atom stereocenters. The van der Waals surface area contributed by atoms with Crippen molar-refractivity contribution in [3.8, 4) is 11.5 Å². The van der Waals surface area contributed by atoms with E-state index in [9.17, 15) is 0 Å². The average molecular weight is 309 g/mol. The van der Waals surface area contributed by atoms with Crippen LogP contribution in [0.3, 0.4) is 0 Å². The van der Waals surface area contributed by atoms with Gasteiger partial charge in [-0.25, -0.2) is 0 Å². The number of benzene rings is 1. The standard InChI is InChI=1S/C16H27N3O3/c1-5-17-16(18-10-11-21-6-2)19-13-8-9-14(22-7-3)15(12-13)20-4/h8-9,12H,5-7,10-11H2,1-4H3,(H2,17,18,19). The van der Waals surface area contributed by atoms with Gasteiger partial charge in [0.15, 0.2) is 17.5 Å². The summed E-state index contributed by atoms with van der Waals surface area (Å²) in [5.41, 5.74) is 0.886. The molecule has 1 aromatic carbocycles. The van der Waals surface area contributed by atoms with Crippen molar-refractivity contribution in [3.63, 3.8) is 0 Å². The highest BCUT2D eigenvalue weighted by molar-refractivity contribution is 5.93. The number of guanidine groups is 1. The largest absolute Gasteiger partial charge is 0.493 e. The summed E-state index contributed by atoms with van der Waals surface area (Å²) in [6, 6.07) is 5.71. The summed E-state index contributed by atoms with van der Waals surface area (Å²) < 4.78 is 16.2. The number of nitrogens with one attached hydrogen (secondary N) is 2. The number of anilines is 1. The van der Waals surface area contributed by atoms with Crippen LogP contribution < -0.4 is 20.1 Å². The second-order valence-corrected chi connectivity index (χ2v) is 4.38. The van der Waals surface area contributed by atoms with Gasteiger partial charge in [0, 0.05) is 24.9 Å². The summed E-state index contributed by atoms with van der Waals surface area (Å²) in [5, 5.41) is 6.45. The zero-order chi connectivity index (χ0) is 16.2. The molecule has 0 fully saturated rings. The van der Waals surface area contributed by atoms with Crippen LogP contribution in [-0.2, 0) is 4.74 Å². The average Bonchev–Trinajstić information content (AvgIpc) is 2.53. The molecule has 0 aliphatic rings. The van der Waals surface area contributed by atoms with Crippen molar-refractivity contribution in [3.05, 3.63) is 18.2 Å². The van der Waals surface area contributed by atoms with Crippen LogP contribution in [0.25, 0.3) is 0 Å². The number of hydrogen-bond acceptors (Lipinski definition) is 4. The number of ether oxygens (including phenoxy) is 3. The molecule has 0 bridgehead atoms. The fourth-order valence-electron chi connectivity index (χ4n) is 1.83. The van der Waals surface area contributed by atoms with Gasteiger partial charge >= 0.3 is 0 Å². The van der Waals surface area contributed by atoms with Gasteiger partial charge < -0.3 is 24.8 Å². The Bertz CT molecular complexity index is 464. The Labute approximate surface area is 132 Å². The van der Waals surface area contributed by atoms with Gasteiger partial charge in [-0.15, -0.1) is 0 Å². The van der Waals surface area contributed by atoms with Gasteiger partial charge in [0.25, 0.3) is 0 Å². The second kappa shape index (κ2) is 10.7. The van der Waals surface area contributed by atoms with Crippen LogP contribution >= 0.6 is 0 Å². The smallest absolute Gasteiger partial charge is 0.195 e. The first-order chi connectivity index (χ1) is 10.7. The fourth-order valence-corrected chi connectivity index (χ4v) is 1.83. The van der Waals surface area contributed by atoms with E-state index in [-0.39, 0.29) is 0 Å². The Balaban J connectivity index is 2.75. The molecular formula is C16H27N3O3. The molecule has 0 heterocycles. The molecule has 124 valence electrons. The Hall–Kier alpha value is -1.95. The van der Waals surface area contributed by atoms with Crippen molar-refractivity contribution in [1.82, 2.24) is 5.32 Å². The topological polar surface area (TPSA) is 64.1 Å². The summed E-state index contributed by atoms with van der Waals surface area (Å²) in [6.07, 6.45) is 0. The van der Waals surface area contributed by atoms with Crippen molar-refractivity contribution in [2.45, 2.75) is 20.8 Å². The van der Waals surface area contributed by atoms with Gasteiger partial charge in [-0.1, -0.05) is 0 Å². The van der Waals surface area contributed by atoms with Gasteiger partial charge in [-0.3, -0.25) is 4.99 Å². The number of hydrogen-bond donors (Lipinski definition) is 2. The third-order valence-electron chi connectivity index (χ3n) is 2.78. The van der Waals surface area contributed by atoms with Crippen LogP contribution in [0.5, 0.6) is 11.5 Å². The molecule has 0 atom stereocenters. The van der Waals surface area contributed by atoms with Crippen molar-refractivity contribution in [2.75, 3.05) is 45.3 Å². The maximum absolute atomic E-state index is 5.51. The SMILES string of the molecule is CCNC(=NCCOCC)Nc1ccc(OCC)c(OC)c1. The van der Waals surface area contributed by atoms with E-state index in [4.69, 9.17) is 14.2 Å². The molecule has 0 aliphatic heterocycles. The first kappa shape index (κ1) is 18.1. The number of nitrogens with zero attached hydrogens (tertiary/aromatic N) is 1. The summed E-state index contributed by atoms with van der Waals surface area (Å²) in [6.45, 7) is 9.25. The predicted octanol–water partition coefficient (Wildman–Crippen LogP) is 2.51. The van der Waals surface area contributed by atoms with Crippen LogP contribution in [0.15, 0.2) is 23.2 Å². The quantitative estimate of drug-likeness (QED) is 0.417. The maximum Gasteiger partial charge on any atom is 0.195 e. The molecule has 6 heteroatoms. The van der Waals surface area contributed by atoms with E-state index in [0.717, 1.165) is 18.0 Å². The van der Waals surface area contributed by atoms with Gasteiger partial charge in [0.05, 0.1) is 26.9 Å². The lowest BCUT2D eigenvalue weighted by Gasteiger charge is -2.14. The monoisotopic (exact) mass is 309 g/mol. The fraction of sp³-hybridized carbons (Fsp3) is 0.562. The number of aliphatic imine (C=N–C) groups is 1. The molecule has 0 saturated heterocycles. The first-order valence-electron chi connectivity index (χ1n) is 7.69. The van der Waals surface area contributed by atoms with E-state index in [0.29, 0.717) is 38.1 Å². The van der Waals surface area contributed by atoms with Crippen LogP contribution in [0, 0.1) is 0 Å². The van der Waals surface area contributed by atoms with Gasteiger partial charge in [0.2, 0.25) is 0 Å². The van der Waals surface area contributed by atoms with E-state index in [2.05, 4.69) is 15.6 Å². The predicted molar refractivity (Wildman–Crippen MR) is 90.3 cm³/mol. The highest BCUT2D eigenvalue weighted by Gasteiger charge is 2.06. The Morgan fingerprint density at radius 1 is 1.14 bits per heavy atom. The van der Waals surface area contributed by atoms with E-state index in [1.165, 1.54) is 0 Å². The third kappa shape index (κ3) is 6.22. The molecule has 0 radical (unpaired) electrons. The normalized spacial score (nSPS) is 11.2. The molecular weight excluding hydrogens is 282 g/mol. The Kier molecular flexibility index (Phi) is 8.83. The van der Waals surface area contributed by atoms with Gasteiger partial charge in [-0.05, 0) is 32.9 Å². The molecule has 0 aliphatic carbocycles. The molecule has 0 aromatic heterocycles. The van der Waals surface area contributed by atoms with E-state index in [1.54, 1.807) is 7.11 Å². The zero-order valence-electron chi connectivity index (χ0n) is 13.9. The Morgan fingerprint density at radius 3 is 2.59 bits per heavy atom. The lowest BCUT2D eigenvalue weighted by Crippen LogP contribution is -2.31. The van der Waals surface area contributed by atoms with E-state index in [1.807, 2.05) is 39.0 Å². The van der Waals surface area contributed by atoms with Gasteiger partial charge in [-0.2, -0.15) is 0 Å². The molecule has 0 saturated carbocycles. The molecule has 1 rings (SSSR count). The summed E-state index contributed by atoms with van der Waals surface area (Å²) in [7, 11) is 1.63.